The molecule has 1 N–H and O–H groups in total. The number of carbonyl (C=O) groups excluding carboxylic acids is 1. The first kappa shape index (κ1) is 20.4. The number of nitrogens with one attached hydrogen (secondary N) is 1. The molecule has 0 saturated heterocycles. The molecule has 6 heteroatoms. The summed E-state index contributed by atoms with van der Waals surface area (Å²) in [5.41, 5.74) is 3.95. The maximum atomic E-state index is 12.2. The maximum absolute atomic E-state index is 12.2. The number of thiazole rings is 1. The Morgan fingerprint density at radius 3 is 2.50 bits per heavy atom. The van der Waals surface area contributed by atoms with E-state index in [1.807, 2.05) is 63.2 Å². The quantitative estimate of drug-likeness (QED) is 0.469. The highest BCUT2D eigenvalue weighted by Gasteiger charge is 2.12. The van der Waals surface area contributed by atoms with Crippen LogP contribution in [-0.4, -0.2) is 17.5 Å². The van der Waals surface area contributed by atoms with Crippen molar-refractivity contribution in [3.63, 3.8) is 0 Å². The fourth-order valence-corrected chi connectivity index (χ4v) is 3.87. The highest BCUT2D eigenvalue weighted by molar-refractivity contribution is 7.16. The lowest BCUT2D eigenvalue weighted by Gasteiger charge is -2.09. The maximum Gasteiger partial charge on any atom is 0.226 e. The number of nitrogens with zero attached hydrogens (tertiary/aromatic N) is 1. The highest BCUT2D eigenvalue weighted by Crippen LogP contribution is 2.30. The van der Waals surface area contributed by atoms with Gasteiger partial charge in [-0.15, -0.1) is 11.3 Å². The van der Waals surface area contributed by atoms with Gasteiger partial charge in [0.2, 0.25) is 5.91 Å². The first-order valence-corrected chi connectivity index (χ1v) is 10.4. The van der Waals surface area contributed by atoms with E-state index in [0.29, 0.717) is 24.6 Å². The molecule has 1 amide bonds. The molecule has 0 radical (unpaired) electrons. The van der Waals surface area contributed by atoms with Crippen molar-refractivity contribution in [2.75, 3.05) is 11.9 Å². The summed E-state index contributed by atoms with van der Waals surface area (Å²) in [5, 5.41) is 4.29. The van der Waals surface area contributed by atoms with Gasteiger partial charge in [-0.1, -0.05) is 41.9 Å². The van der Waals surface area contributed by atoms with Crippen LogP contribution in [0, 0.1) is 20.8 Å². The van der Waals surface area contributed by atoms with Crippen LogP contribution in [0.5, 0.6) is 5.75 Å². The van der Waals surface area contributed by atoms with Crippen molar-refractivity contribution < 1.29 is 9.53 Å². The number of halogens is 1. The summed E-state index contributed by atoms with van der Waals surface area (Å²) in [6, 6.07) is 13.8. The fourth-order valence-electron chi connectivity index (χ4n) is 2.91. The molecule has 0 bridgehead atoms. The monoisotopic (exact) mass is 414 g/mol. The van der Waals surface area contributed by atoms with Gasteiger partial charge in [0.25, 0.3) is 0 Å². The second kappa shape index (κ2) is 9.22. The van der Waals surface area contributed by atoms with Gasteiger partial charge < -0.3 is 10.1 Å². The predicted octanol–water partition coefficient (Wildman–Crippen LogP) is 6.19. The molecular formula is C22H23ClN2O2S. The Morgan fingerprint density at radius 2 is 1.82 bits per heavy atom. The highest BCUT2D eigenvalue weighted by atomic mass is 35.5. The molecule has 3 aromatic rings. The van der Waals surface area contributed by atoms with Gasteiger partial charge in [-0.25, -0.2) is 4.98 Å². The van der Waals surface area contributed by atoms with E-state index in [1.54, 1.807) is 0 Å². The average molecular weight is 415 g/mol. The Labute approximate surface area is 174 Å². The number of hydrogen-bond donors (Lipinski definition) is 1. The lowest BCUT2D eigenvalue weighted by molar-refractivity contribution is -0.116. The fraction of sp³-hybridized carbons (Fsp3) is 0.273. The molecule has 28 heavy (non-hydrogen) atoms. The number of hydrogen-bond acceptors (Lipinski definition) is 4. The predicted molar refractivity (Wildman–Crippen MR) is 117 cm³/mol. The smallest absolute Gasteiger partial charge is 0.226 e. The van der Waals surface area contributed by atoms with Crippen LogP contribution in [0.25, 0.3) is 11.3 Å². The zero-order valence-corrected chi connectivity index (χ0v) is 17.8. The molecular weight excluding hydrogens is 392 g/mol. The third-order valence-corrected chi connectivity index (χ3v) is 5.80. The summed E-state index contributed by atoms with van der Waals surface area (Å²) in [6.45, 7) is 6.39. The summed E-state index contributed by atoms with van der Waals surface area (Å²) in [4.78, 5) is 17.9. The standard InChI is InChI=1S/C22H23ClN2O2S/c1-14-12-18(13-15(2)20(14)23)27-11-7-10-19(26)24-22-25-21(16(3)28-22)17-8-5-4-6-9-17/h4-6,8-9,12-13H,7,10-11H2,1-3H3,(H,24,25,26). The zero-order valence-electron chi connectivity index (χ0n) is 16.2. The number of aryl methyl sites for hydroxylation is 3. The van der Waals surface area contributed by atoms with Gasteiger partial charge in [0, 0.05) is 21.9 Å². The van der Waals surface area contributed by atoms with Crippen LogP contribution in [0.15, 0.2) is 42.5 Å². The lowest BCUT2D eigenvalue weighted by Crippen LogP contribution is -2.12. The molecule has 0 aliphatic heterocycles. The van der Waals surface area contributed by atoms with Crippen molar-refractivity contribution in [3.05, 3.63) is 63.5 Å². The average Bonchev–Trinajstić information content (AvgIpc) is 3.04. The summed E-state index contributed by atoms with van der Waals surface area (Å²) >= 11 is 7.66. The Kier molecular flexibility index (Phi) is 6.70. The number of ether oxygens (including phenoxy) is 1. The van der Waals surface area contributed by atoms with Crippen molar-refractivity contribution in [2.45, 2.75) is 33.6 Å². The molecule has 0 saturated carbocycles. The molecule has 3 rings (SSSR count). The number of carbonyl (C=O) groups is 1. The van der Waals surface area contributed by atoms with Crippen molar-refractivity contribution in [2.24, 2.45) is 0 Å². The molecule has 2 aromatic carbocycles. The minimum atomic E-state index is -0.0552. The molecule has 4 nitrogen and oxygen atoms in total. The van der Waals surface area contributed by atoms with E-state index in [2.05, 4.69) is 10.3 Å². The Balaban J connectivity index is 1.49. The number of rotatable bonds is 7. The van der Waals surface area contributed by atoms with Gasteiger partial charge >= 0.3 is 0 Å². The van der Waals surface area contributed by atoms with E-state index >= 15 is 0 Å². The Bertz CT molecular complexity index is 947. The molecule has 146 valence electrons. The minimum Gasteiger partial charge on any atom is -0.494 e. The molecule has 0 unspecified atom stereocenters. The van der Waals surface area contributed by atoms with Gasteiger partial charge in [-0.3, -0.25) is 4.79 Å². The molecule has 0 atom stereocenters. The number of amides is 1. The van der Waals surface area contributed by atoms with Crippen LogP contribution in [0.1, 0.15) is 28.8 Å². The zero-order chi connectivity index (χ0) is 20.1. The number of aromatic nitrogens is 1. The first-order chi connectivity index (χ1) is 13.4. The van der Waals surface area contributed by atoms with E-state index < -0.39 is 0 Å². The van der Waals surface area contributed by atoms with E-state index in [0.717, 1.165) is 38.0 Å². The third-order valence-electron chi connectivity index (χ3n) is 4.32. The number of benzene rings is 2. The number of anilines is 1. The van der Waals surface area contributed by atoms with E-state index in [1.165, 1.54) is 11.3 Å². The second-order valence-electron chi connectivity index (χ2n) is 6.66. The van der Waals surface area contributed by atoms with E-state index in [9.17, 15) is 4.79 Å². The summed E-state index contributed by atoms with van der Waals surface area (Å²) in [5.74, 6) is 0.725. The SMILES string of the molecule is Cc1cc(OCCCC(=O)Nc2nc(-c3ccccc3)c(C)s2)cc(C)c1Cl. The molecule has 1 heterocycles. The Morgan fingerprint density at radius 1 is 1.14 bits per heavy atom. The molecule has 0 aliphatic rings. The summed E-state index contributed by atoms with van der Waals surface area (Å²) < 4.78 is 5.75. The first-order valence-electron chi connectivity index (χ1n) is 9.16. The summed E-state index contributed by atoms with van der Waals surface area (Å²) in [7, 11) is 0. The normalized spacial score (nSPS) is 10.7. The molecule has 0 spiro atoms. The van der Waals surface area contributed by atoms with Crippen LogP contribution in [-0.2, 0) is 4.79 Å². The summed E-state index contributed by atoms with van der Waals surface area (Å²) in [6.07, 6.45) is 1.01. The van der Waals surface area contributed by atoms with Crippen molar-refractivity contribution in [1.82, 2.24) is 4.98 Å². The lowest BCUT2D eigenvalue weighted by atomic mass is 10.1. The van der Waals surface area contributed by atoms with Gasteiger partial charge in [-0.2, -0.15) is 0 Å². The topological polar surface area (TPSA) is 51.2 Å². The minimum absolute atomic E-state index is 0.0552. The van der Waals surface area contributed by atoms with Crippen LogP contribution in [0.2, 0.25) is 5.02 Å². The van der Waals surface area contributed by atoms with E-state index in [-0.39, 0.29) is 5.91 Å². The third kappa shape index (κ3) is 5.12. The molecule has 0 aliphatic carbocycles. The van der Waals surface area contributed by atoms with Crippen LogP contribution in [0.3, 0.4) is 0 Å². The van der Waals surface area contributed by atoms with E-state index in [4.69, 9.17) is 16.3 Å². The van der Waals surface area contributed by atoms with Crippen LogP contribution >= 0.6 is 22.9 Å². The van der Waals surface area contributed by atoms with Gasteiger partial charge in [0.05, 0.1) is 12.3 Å². The largest absolute Gasteiger partial charge is 0.494 e. The molecule has 1 aromatic heterocycles. The van der Waals surface area contributed by atoms with Gasteiger partial charge in [-0.05, 0) is 50.5 Å². The van der Waals surface area contributed by atoms with Crippen LogP contribution in [0.4, 0.5) is 5.13 Å². The van der Waals surface area contributed by atoms with Crippen molar-refractivity contribution in [3.8, 4) is 17.0 Å². The van der Waals surface area contributed by atoms with Gasteiger partial charge in [0.15, 0.2) is 5.13 Å². The van der Waals surface area contributed by atoms with Gasteiger partial charge in [0.1, 0.15) is 5.75 Å². The Hall–Kier alpha value is -2.37. The molecule has 0 fully saturated rings. The van der Waals surface area contributed by atoms with Crippen molar-refractivity contribution in [1.29, 1.82) is 0 Å². The van der Waals surface area contributed by atoms with Crippen LogP contribution < -0.4 is 10.1 Å². The second-order valence-corrected chi connectivity index (χ2v) is 8.24. The van der Waals surface area contributed by atoms with Crippen molar-refractivity contribution >= 4 is 34.0 Å².